The molecule has 2 heterocycles. The van der Waals surface area contributed by atoms with Gasteiger partial charge in [0.1, 0.15) is 10.8 Å². The van der Waals surface area contributed by atoms with E-state index in [2.05, 4.69) is 9.97 Å². The Morgan fingerprint density at radius 2 is 2.38 bits per heavy atom. The topological polar surface area (TPSA) is 71.8 Å². The first-order valence-corrected chi connectivity index (χ1v) is 3.99. The number of nitrogens with zero attached hydrogens (tertiary/aromatic N) is 1. The number of amides is 1. The minimum Gasteiger partial charge on any atom is -0.366 e. The lowest BCUT2D eigenvalue weighted by Gasteiger charge is -1.98. The summed E-state index contributed by atoms with van der Waals surface area (Å²) in [5.74, 6) is -0.506. The summed E-state index contributed by atoms with van der Waals surface area (Å²) in [5.41, 5.74) is 6.12. The number of aromatic amines is 1. The van der Waals surface area contributed by atoms with Crippen molar-refractivity contribution in [2.24, 2.45) is 5.73 Å². The van der Waals surface area contributed by atoms with E-state index in [0.29, 0.717) is 16.6 Å². The van der Waals surface area contributed by atoms with Crippen molar-refractivity contribution >= 4 is 28.5 Å². The number of halogens is 1. The molecular weight excluding hydrogens is 190 g/mol. The maximum Gasteiger partial charge on any atom is 0.249 e. The molecular formula is C8H6ClN3O. The zero-order valence-electron chi connectivity index (χ0n) is 6.54. The lowest BCUT2D eigenvalue weighted by molar-refractivity contribution is 0.100. The minimum atomic E-state index is -0.506. The van der Waals surface area contributed by atoms with E-state index in [9.17, 15) is 4.79 Å². The number of fused-ring (bicyclic) bond motifs is 1. The predicted molar refractivity (Wildman–Crippen MR) is 49.6 cm³/mol. The van der Waals surface area contributed by atoms with Gasteiger partial charge in [0.15, 0.2) is 0 Å². The molecule has 0 aliphatic carbocycles. The molecule has 0 aromatic carbocycles. The first kappa shape index (κ1) is 8.07. The second-order valence-electron chi connectivity index (χ2n) is 2.60. The molecule has 0 radical (unpaired) electrons. The summed E-state index contributed by atoms with van der Waals surface area (Å²) in [7, 11) is 0. The van der Waals surface area contributed by atoms with E-state index in [-0.39, 0.29) is 5.15 Å². The molecule has 0 atom stereocenters. The summed E-state index contributed by atoms with van der Waals surface area (Å²) in [6, 6.07) is 3.19. The van der Waals surface area contributed by atoms with Crippen LogP contribution in [0.5, 0.6) is 0 Å². The normalized spacial score (nSPS) is 10.5. The molecule has 2 aromatic heterocycles. The van der Waals surface area contributed by atoms with Crippen LogP contribution in [0.3, 0.4) is 0 Å². The fraction of sp³-hybridized carbons (Fsp3) is 0. The van der Waals surface area contributed by atoms with Crippen LogP contribution in [0.2, 0.25) is 5.15 Å². The fourth-order valence-electron chi connectivity index (χ4n) is 1.21. The summed E-state index contributed by atoms with van der Waals surface area (Å²) in [6.45, 7) is 0. The molecule has 66 valence electrons. The van der Waals surface area contributed by atoms with Gasteiger partial charge in [-0.05, 0) is 12.1 Å². The molecule has 0 aliphatic rings. The molecule has 4 nitrogen and oxygen atoms in total. The molecule has 3 N–H and O–H groups in total. The van der Waals surface area contributed by atoms with Gasteiger partial charge in [-0.1, -0.05) is 11.6 Å². The van der Waals surface area contributed by atoms with Gasteiger partial charge in [0, 0.05) is 11.6 Å². The maximum absolute atomic E-state index is 11.0. The summed E-state index contributed by atoms with van der Waals surface area (Å²) in [5, 5.41) is 0.945. The lowest BCUT2D eigenvalue weighted by Crippen LogP contribution is -2.11. The van der Waals surface area contributed by atoms with Gasteiger partial charge in [-0.2, -0.15) is 0 Å². The lowest BCUT2D eigenvalue weighted by atomic mass is 10.2. The monoisotopic (exact) mass is 195 g/mol. The van der Waals surface area contributed by atoms with Crippen LogP contribution in [-0.4, -0.2) is 15.9 Å². The average Bonchev–Trinajstić information content (AvgIpc) is 2.49. The Morgan fingerprint density at radius 1 is 1.62 bits per heavy atom. The van der Waals surface area contributed by atoms with Crippen molar-refractivity contribution < 1.29 is 4.79 Å². The molecule has 0 fully saturated rings. The van der Waals surface area contributed by atoms with Gasteiger partial charge in [-0.15, -0.1) is 0 Å². The van der Waals surface area contributed by atoms with Gasteiger partial charge < -0.3 is 10.7 Å². The Kier molecular flexibility index (Phi) is 1.70. The van der Waals surface area contributed by atoms with E-state index in [1.165, 1.54) is 6.07 Å². The summed E-state index contributed by atoms with van der Waals surface area (Å²) in [4.78, 5) is 17.8. The van der Waals surface area contributed by atoms with E-state index in [1.807, 2.05) is 0 Å². The average molecular weight is 196 g/mol. The highest BCUT2D eigenvalue weighted by Gasteiger charge is 2.09. The van der Waals surface area contributed by atoms with Crippen molar-refractivity contribution in [1.29, 1.82) is 0 Å². The van der Waals surface area contributed by atoms with E-state index < -0.39 is 5.91 Å². The van der Waals surface area contributed by atoms with E-state index in [1.54, 1.807) is 12.3 Å². The number of carbonyl (C=O) groups excluding carboxylic acids is 1. The number of hydrogen-bond donors (Lipinski definition) is 2. The first-order valence-electron chi connectivity index (χ1n) is 3.62. The maximum atomic E-state index is 11.0. The Bertz CT molecular complexity index is 477. The van der Waals surface area contributed by atoms with Crippen LogP contribution < -0.4 is 5.73 Å². The number of carbonyl (C=O) groups is 1. The highest BCUT2D eigenvalue weighted by molar-refractivity contribution is 6.30. The standard InChI is InChI=1S/C8H6ClN3O/c9-6-3-5(7(10)13)4-1-2-11-8(4)12-6/h1-3H,(H2,10,13)(H,11,12). The summed E-state index contributed by atoms with van der Waals surface area (Å²) < 4.78 is 0. The number of nitrogens with two attached hydrogens (primary N) is 1. The number of nitrogens with one attached hydrogen (secondary N) is 1. The molecule has 0 unspecified atom stereocenters. The first-order chi connectivity index (χ1) is 6.18. The summed E-state index contributed by atoms with van der Waals surface area (Å²) >= 11 is 5.69. The number of hydrogen-bond acceptors (Lipinski definition) is 2. The highest BCUT2D eigenvalue weighted by atomic mass is 35.5. The van der Waals surface area contributed by atoms with Crippen LogP contribution in [0.4, 0.5) is 0 Å². The van der Waals surface area contributed by atoms with Crippen LogP contribution >= 0.6 is 11.6 Å². The SMILES string of the molecule is NC(=O)c1cc(Cl)nc2[nH]ccc12. The summed E-state index contributed by atoms with van der Waals surface area (Å²) in [6.07, 6.45) is 1.68. The van der Waals surface area contributed by atoms with E-state index in [0.717, 1.165) is 0 Å². The third-order valence-electron chi connectivity index (χ3n) is 1.76. The van der Waals surface area contributed by atoms with Gasteiger partial charge >= 0.3 is 0 Å². The van der Waals surface area contributed by atoms with Crippen molar-refractivity contribution in [1.82, 2.24) is 9.97 Å². The zero-order valence-corrected chi connectivity index (χ0v) is 7.30. The number of H-pyrrole nitrogens is 1. The van der Waals surface area contributed by atoms with Gasteiger partial charge in [0.05, 0.1) is 5.56 Å². The number of primary amides is 1. The largest absolute Gasteiger partial charge is 0.366 e. The number of pyridine rings is 1. The van der Waals surface area contributed by atoms with Crippen molar-refractivity contribution in [3.8, 4) is 0 Å². The van der Waals surface area contributed by atoms with Crippen molar-refractivity contribution in [3.63, 3.8) is 0 Å². The molecule has 0 spiro atoms. The molecule has 2 rings (SSSR count). The minimum absolute atomic E-state index is 0.253. The molecule has 0 bridgehead atoms. The zero-order chi connectivity index (χ0) is 9.42. The van der Waals surface area contributed by atoms with Crippen molar-refractivity contribution in [2.75, 3.05) is 0 Å². The molecule has 0 saturated heterocycles. The van der Waals surface area contributed by atoms with Crippen LogP contribution in [0.1, 0.15) is 10.4 Å². The number of rotatable bonds is 1. The van der Waals surface area contributed by atoms with Gasteiger partial charge in [-0.25, -0.2) is 4.98 Å². The van der Waals surface area contributed by atoms with E-state index in [4.69, 9.17) is 17.3 Å². The van der Waals surface area contributed by atoms with E-state index >= 15 is 0 Å². The smallest absolute Gasteiger partial charge is 0.249 e. The second kappa shape index (κ2) is 2.74. The Balaban J connectivity index is 2.84. The molecule has 2 aromatic rings. The third kappa shape index (κ3) is 1.25. The van der Waals surface area contributed by atoms with Crippen LogP contribution in [-0.2, 0) is 0 Å². The van der Waals surface area contributed by atoms with Gasteiger partial charge in [0.2, 0.25) is 5.91 Å². The Morgan fingerprint density at radius 3 is 3.08 bits per heavy atom. The van der Waals surface area contributed by atoms with Gasteiger partial charge in [-0.3, -0.25) is 4.79 Å². The van der Waals surface area contributed by atoms with Crippen LogP contribution in [0.15, 0.2) is 18.3 Å². The highest BCUT2D eigenvalue weighted by Crippen LogP contribution is 2.19. The third-order valence-corrected chi connectivity index (χ3v) is 1.96. The molecule has 5 heteroatoms. The van der Waals surface area contributed by atoms with Crippen LogP contribution in [0.25, 0.3) is 11.0 Å². The molecule has 0 saturated carbocycles. The molecule has 1 amide bonds. The van der Waals surface area contributed by atoms with Crippen molar-refractivity contribution in [2.45, 2.75) is 0 Å². The fourth-order valence-corrected chi connectivity index (χ4v) is 1.40. The van der Waals surface area contributed by atoms with Crippen molar-refractivity contribution in [3.05, 3.63) is 29.0 Å². The van der Waals surface area contributed by atoms with Crippen LogP contribution in [0, 0.1) is 0 Å². The quantitative estimate of drug-likeness (QED) is 0.674. The molecule has 13 heavy (non-hydrogen) atoms. The predicted octanol–water partition coefficient (Wildman–Crippen LogP) is 1.32. The van der Waals surface area contributed by atoms with Gasteiger partial charge in [0.25, 0.3) is 0 Å². The Hall–Kier alpha value is -1.55. The Labute approximate surface area is 78.7 Å². The number of aromatic nitrogens is 2. The molecule has 0 aliphatic heterocycles. The second-order valence-corrected chi connectivity index (χ2v) is 2.98.